The molecule has 132 valence electrons. The van der Waals surface area contributed by atoms with Gasteiger partial charge in [0.1, 0.15) is 18.1 Å². The number of hydrogen-bond acceptors (Lipinski definition) is 6. The molecule has 2 aliphatic rings. The first-order chi connectivity index (χ1) is 12.5. The van der Waals surface area contributed by atoms with Crippen LogP contribution in [0.3, 0.4) is 0 Å². The molecule has 1 atom stereocenters. The van der Waals surface area contributed by atoms with Gasteiger partial charge in [0.25, 0.3) is 0 Å². The van der Waals surface area contributed by atoms with Crippen LogP contribution >= 0.6 is 0 Å². The highest BCUT2D eigenvalue weighted by atomic mass is 16.3. The maximum atomic E-state index is 12.9. The first-order valence-electron chi connectivity index (χ1n) is 8.37. The molecule has 0 amide bonds. The fraction of sp³-hybridized carbons (Fsp3) is 0.250. The number of Topliss-reactive ketones (excluding diaryl/α,β-unsaturated/α-hetero) is 1. The van der Waals surface area contributed by atoms with Crippen molar-refractivity contribution in [3.05, 3.63) is 57.6 Å². The van der Waals surface area contributed by atoms with Crippen LogP contribution in [0.4, 0.5) is 0 Å². The van der Waals surface area contributed by atoms with Crippen molar-refractivity contribution in [3.8, 4) is 11.5 Å². The first kappa shape index (κ1) is 16.5. The Kier molecular flexibility index (Phi) is 3.66. The third kappa shape index (κ3) is 2.12. The largest absolute Gasteiger partial charge is 0.507 e. The summed E-state index contributed by atoms with van der Waals surface area (Å²) in [6, 6.07) is 6.28. The molecule has 0 saturated heterocycles. The molecular weight excluding hydrogens is 336 g/mol. The van der Waals surface area contributed by atoms with E-state index in [-0.39, 0.29) is 52.4 Å². The second-order valence-electron chi connectivity index (χ2n) is 6.67. The molecule has 6 nitrogen and oxygen atoms in total. The number of aliphatic hydroxyl groups is 1. The lowest BCUT2D eigenvalue weighted by molar-refractivity contribution is -0.125. The molecule has 2 aromatic carbocycles. The van der Waals surface area contributed by atoms with Gasteiger partial charge in [-0.1, -0.05) is 24.3 Å². The standard InChI is InChI=1S/C20H16O6/c21-8-14(22)9-5-6-12-13(7-9)20(26)16-15(19(12)25)17(23)10-3-1-2-4-11(10)18(16)24/h1-4,9,21,25-26H,5-8H2. The van der Waals surface area contributed by atoms with E-state index in [9.17, 15) is 24.6 Å². The van der Waals surface area contributed by atoms with Crippen LogP contribution < -0.4 is 0 Å². The third-order valence-corrected chi connectivity index (χ3v) is 5.33. The molecule has 2 aromatic rings. The Morgan fingerprint density at radius 3 is 2.04 bits per heavy atom. The first-order valence-corrected chi connectivity index (χ1v) is 8.37. The molecule has 0 aliphatic heterocycles. The van der Waals surface area contributed by atoms with Gasteiger partial charge in [0.05, 0.1) is 11.1 Å². The Hall–Kier alpha value is -2.99. The Labute approximate surface area is 148 Å². The summed E-state index contributed by atoms with van der Waals surface area (Å²) in [7, 11) is 0. The van der Waals surface area contributed by atoms with Crippen molar-refractivity contribution >= 4 is 17.3 Å². The summed E-state index contributed by atoms with van der Waals surface area (Å²) in [5, 5.41) is 30.5. The minimum atomic E-state index is -0.595. The zero-order valence-electron chi connectivity index (χ0n) is 13.8. The van der Waals surface area contributed by atoms with Gasteiger partial charge in [-0.3, -0.25) is 14.4 Å². The molecule has 0 heterocycles. The van der Waals surface area contributed by atoms with E-state index >= 15 is 0 Å². The van der Waals surface area contributed by atoms with Crippen LogP contribution in [0.2, 0.25) is 0 Å². The molecule has 0 bridgehead atoms. The van der Waals surface area contributed by atoms with Crippen LogP contribution in [0.1, 0.15) is 49.4 Å². The van der Waals surface area contributed by atoms with E-state index in [0.29, 0.717) is 17.5 Å². The molecule has 0 radical (unpaired) electrons. The summed E-state index contributed by atoms with van der Waals surface area (Å²) in [5.41, 5.74) is 0.699. The Morgan fingerprint density at radius 2 is 1.50 bits per heavy atom. The second-order valence-corrected chi connectivity index (χ2v) is 6.67. The van der Waals surface area contributed by atoms with Crippen LogP contribution in [-0.2, 0) is 17.6 Å². The minimum Gasteiger partial charge on any atom is -0.507 e. The van der Waals surface area contributed by atoms with Crippen LogP contribution in [0, 0.1) is 5.92 Å². The highest BCUT2D eigenvalue weighted by Gasteiger charge is 2.39. The Morgan fingerprint density at radius 1 is 0.962 bits per heavy atom. The van der Waals surface area contributed by atoms with Gasteiger partial charge in [-0.15, -0.1) is 0 Å². The second kappa shape index (κ2) is 5.78. The van der Waals surface area contributed by atoms with E-state index < -0.39 is 24.1 Å². The van der Waals surface area contributed by atoms with Gasteiger partial charge in [-0.2, -0.15) is 0 Å². The summed E-state index contributed by atoms with van der Waals surface area (Å²) < 4.78 is 0. The average Bonchev–Trinajstić information content (AvgIpc) is 2.67. The predicted molar refractivity (Wildman–Crippen MR) is 90.7 cm³/mol. The summed E-state index contributed by atoms with van der Waals surface area (Å²) in [5.74, 6) is -2.51. The summed E-state index contributed by atoms with van der Waals surface area (Å²) in [6.45, 7) is -0.595. The summed E-state index contributed by atoms with van der Waals surface area (Å²) >= 11 is 0. The summed E-state index contributed by atoms with van der Waals surface area (Å²) in [6.07, 6.45) is 0.795. The zero-order valence-corrected chi connectivity index (χ0v) is 13.8. The number of ketones is 3. The molecule has 2 aliphatic carbocycles. The molecule has 0 saturated carbocycles. The normalized spacial score (nSPS) is 18.1. The van der Waals surface area contributed by atoms with Crippen molar-refractivity contribution in [2.45, 2.75) is 19.3 Å². The van der Waals surface area contributed by atoms with Gasteiger partial charge in [-0.25, -0.2) is 0 Å². The monoisotopic (exact) mass is 352 g/mol. The van der Waals surface area contributed by atoms with Gasteiger partial charge in [0.15, 0.2) is 17.3 Å². The lowest BCUT2D eigenvalue weighted by atomic mass is 9.75. The fourth-order valence-corrected chi connectivity index (χ4v) is 3.98. The van der Waals surface area contributed by atoms with Crippen molar-refractivity contribution in [1.82, 2.24) is 0 Å². The lowest BCUT2D eigenvalue weighted by Crippen LogP contribution is -2.28. The fourth-order valence-electron chi connectivity index (χ4n) is 3.98. The van der Waals surface area contributed by atoms with E-state index in [1.54, 1.807) is 12.1 Å². The van der Waals surface area contributed by atoms with Crippen molar-refractivity contribution in [3.63, 3.8) is 0 Å². The van der Waals surface area contributed by atoms with Gasteiger partial charge >= 0.3 is 0 Å². The van der Waals surface area contributed by atoms with Crippen LogP contribution in [0.15, 0.2) is 24.3 Å². The van der Waals surface area contributed by atoms with E-state index in [4.69, 9.17) is 5.11 Å². The van der Waals surface area contributed by atoms with Crippen molar-refractivity contribution in [2.24, 2.45) is 5.92 Å². The molecule has 0 aromatic heterocycles. The number of carbonyl (C=O) groups is 3. The molecular formula is C20H16O6. The molecule has 0 fully saturated rings. The molecule has 6 heteroatoms. The van der Waals surface area contributed by atoms with E-state index in [0.717, 1.165) is 0 Å². The quantitative estimate of drug-likeness (QED) is 0.603. The zero-order chi connectivity index (χ0) is 18.6. The molecule has 1 unspecified atom stereocenters. The van der Waals surface area contributed by atoms with Gasteiger partial charge < -0.3 is 15.3 Å². The van der Waals surface area contributed by atoms with Crippen LogP contribution in [0.25, 0.3) is 0 Å². The maximum Gasteiger partial charge on any atom is 0.198 e. The number of phenolic OH excluding ortho intramolecular Hbond substituents is 2. The van der Waals surface area contributed by atoms with Crippen molar-refractivity contribution in [2.75, 3.05) is 6.61 Å². The summed E-state index contributed by atoms with van der Waals surface area (Å²) in [4.78, 5) is 37.5. The number of rotatable bonds is 2. The number of aromatic hydroxyl groups is 2. The molecule has 26 heavy (non-hydrogen) atoms. The topological polar surface area (TPSA) is 112 Å². The van der Waals surface area contributed by atoms with Gasteiger partial charge in [0.2, 0.25) is 0 Å². The smallest absolute Gasteiger partial charge is 0.198 e. The maximum absolute atomic E-state index is 12.9. The molecule has 3 N–H and O–H groups in total. The minimum absolute atomic E-state index is 0.116. The number of phenols is 2. The highest BCUT2D eigenvalue weighted by molar-refractivity contribution is 6.30. The Balaban J connectivity index is 1.94. The van der Waals surface area contributed by atoms with Crippen LogP contribution in [0.5, 0.6) is 11.5 Å². The van der Waals surface area contributed by atoms with Gasteiger partial charge in [-0.05, 0) is 19.3 Å². The van der Waals surface area contributed by atoms with Crippen molar-refractivity contribution < 1.29 is 29.7 Å². The number of aliphatic hydroxyl groups excluding tert-OH is 1. The molecule has 4 rings (SSSR count). The van der Waals surface area contributed by atoms with E-state index in [2.05, 4.69) is 0 Å². The van der Waals surface area contributed by atoms with E-state index in [1.165, 1.54) is 12.1 Å². The third-order valence-electron chi connectivity index (χ3n) is 5.33. The predicted octanol–water partition coefficient (Wildman–Crippen LogP) is 1.54. The van der Waals surface area contributed by atoms with Crippen LogP contribution in [-0.4, -0.2) is 39.3 Å². The van der Waals surface area contributed by atoms with Crippen molar-refractivity contribution in [1.29, 1.82) is 0 Å². The van der Waals surface area contributed by atoms with E-state index in [1.807, 2.05) is 0 Å². The van der Waals surface area contributed by atoms with Gasteiger partial charge in [0, 0.05) is 28.2 Å². The average molecular weight is 352 g/mol. The Bertz CT molecular complexity index is 988. The highest BCUT2D eigenvalue weighted by Crippen LogP contribution is 2.46. The SMILES string of the molecule is O=C1c2ccccc2C(=O)c2c(O)c3c(c(O)c21)CCC(C(=O)CO)C3. The number of fused-ring (bicyclic) bond motifs is 3. The number of hydrogen-bond donors (Lipinski definition) is 3. The lowest BCUT2D eigenvalue weighted by Gasteiger charge is -2.28. The molecule has 0 spiro atoms. The number of benzene rings is 2. The number of carbonyl (C=O) groups excluding carboxylic acids is 3.